The largest absolute Gasteiger partial charge is 0.465 e. The van der Waals surface area contributed by atoms with E-state index in [4.69, 9.17) is 4.74 Å². The van der Waals surface area contributed by atoms with Crippen LogP contribution in [-0.4, -0.2) is 53.1 Å². The minimum absolute atomic E-state index is 0.0844. The maximum absolute atomic E-state index is 12.4. The summed E-state index contributed by atoms with van der Waals surface area (Å²) in [5, 5.41) is 6.27. The highest BCUT2D eigenvalue weighted by Crippen LogP contribution is 2.15. The molecule has 0 radical (unpaired) electrons. The zero-order valence-corrected chi connectivity index (χ0v) is 17.8. The Labute approximate surface area is 184 Å². The first-order valence-electron chi connectivity index (χ1n) is 10.5. The number of benzene rings is 2. The lowest BCUT2D eigenvalue weighted by Gasteiger charge is -2.32. The van der Waals surface area contributed by atoms with Crippen LogP contribution >= 0.6 is 0 Å². The molecule has 3 N–H and O–H groups in total. The highest BCUT2D eigenvalue weighted by Gasteiger charge is 2.21. The molecular formula is C23H25N5O4. The van der Waals surface area contributed by atoms with Crippen LogP contribution in [0.25, 0.3) is 10.9 Å². The lowest BCUT2D eigenvalue weighted by atomic mass is 10.1. The predicted octanol–water partition coefficient (Wildman–Crippen LogP) is 2.50. The molecule has 1 aromatic heterocycles. The van der Waals surface area contributed by atoms with E-state index in [-0.39, 0.29) is 17.6 Å². The van der Waals surface area contributed by atoms with Crippen molar-refractivity contribution in [3.8, 4) is 0 Å². The van der Waals surface area contributed by atoms with Crippen LogP contribution in [0.4, 0.5) is 10.5 Å². The monoisotopic (exact) mass is 435 g/mol. The lowest BCUT2D eigenvalue weighted by molar-refractivity contribution is 0.0601. The van der Waals surface area contributed by atoms with Crippen molar-refractivity contribution in [1.82, 2.24) is 20.2 Å². The minimum Gasteiger partial charge on any atom is -0.465 e. The van der Waals surface area contributed by atoms with Gasteiger partial charge >= 0.3 is 12.0 Å². The van der Waals surface area contributed by atoms with Gasteiger partial charge in [0.15, 0.2) is 0 Å². The number of para-hydroxylation sites is 1. The molecule has 0 unspecified atom stereocenters. The van der Waals surface area contributed by atoms with Gasteiger partial charge in [-0.05, 0) is 43.2 Å². The number of ether oxygens (including phenoxy) is 1. The number of likely N-dealkylation sites (tertiary alicyclic amines) is 1. The number of H-pyrrole nitrogens is 1. The first-order valence-corrected chi connectivity index (χ1v) is 10.5. The van der Waals surface area contributed by atoms with Crippen molar-refractivity contribution >= 4 is 28.6 Å². The number of fused-ring (bicyclic) bond motifs is 1. The molecule has 0 spiro atoms. The summed E-state index contributed by atoms with van der Waals surface area (Å²) >= 11 is 0. The summed E-state index contributed by atoms with van der Waals surface area (Å²) in [7, 11) is 1.31. The highest BCUT2D eigenvalue weighted by atomic mass is 16.5. The van der Waals surface area contributed by atoms with Crippen LogP contribution in [0.3, 0.4) is 0 Å². The second-order valence-corrected chi connectivity index (χ2v) is 7.75. The first-order chi connectivity index (χ1) is 15.5. The van der Waals surface area contributed by atoms with Crippen LogP contribution in [0.5, 0.6) is 0 Å². The Hall–Kier alpha value is -3.72. The number of hydrogen-bond acceptors (Lipinski definition) is 6. The van der Waals surface area contributed by atoms with Crippen LogP contribution in [-0.2, 0) is 11.3 Å². The Balaban J connectivity index is 1.35. The molecular weight excluding hydrogens is 410 g/mol. The van der Waals surface area contributed by atoms with Gasteiger partial charge in [-0.25, -0.2) is 14.6 Å². The number of amides is 2. The molecule has 9 nitrogen and oxygen atoms in total. The predicted molar refractivity (Wildman–Crippen MR) is 121 cm³/mol. The van der Waals surface area contributed by atoms with Crippen LogP contribution in [0, 0.1) is 0 Å². The van der Waals surface area contributed by atoms with Crippen molar-refractivity contribution in [3.05, 3.63) is 70.3 Å². The summed E-state index contributed by atoms with van der Waals surface area (Å²) in [6.07, 6.45) is 1.60. The summed E-state index contributed by atoms with van der Waals surface area (Å²) < 4.78 is 4.74. The number of methoxy groups -OCH3 is 1. The molecule has 32 heavy (non-hydrogen) atoms. The number of rotatable bonds is 5. The van der Waals surface area contributed by atoms with E-state index in [1.165, 1.54) is 7.11 Å². The molecule has 2 heterocycles. The van der Waals surface area contributed by atoms with Gasteiger partial charge in [0.05, 0.1) is 30.1 Å². The minimum atomic E-state index is -0.471. The van der Waals surface area contributed by atoms with Gasteiger partial charge in [0.1, 0.15) is 5.82 Å². The SMILES string of the molecule is COC(=O)c1ccc2c(=O)[nH]c(CN3CCC(NC(=O)Nc4ccccc4)CC3)nc2c1. The molecule has 1 aliphatic rings. The maximum atomic E-state index is 12.4. The molecule has 0 bridgehead atoms. The fourth-order valence-electron chi connectivity index (χ4n) is 3.83. The maximum Gasteiger partial charge on any atom is 0.337 e. The Morgan fingerprint density at radius 3 is 2.62 bits per heavy atom. The first kappa shape index (κ1) is 21.5. The van der Waals surface area contributed by atoms with E-state index in [1.54, 1.807) is 18.2 Å². The number of esters is 1. The molecule has 1 fully saturated rings. The normalized spacial score (nSPS) is 14.8. The van der Waals surface area contributed by atoms with Crippen molar-refractivity contribution in [2.45, 2.75) is 25.4 Å². The molecule has 9 heteroatoms. The number of aromatic nitrogens is 2. The van der Waals surface area contributed by atoms with E-state index in [2.05, 4.69) is 25.5 Å². The summed E-state index contributed by atoms with van der Waals surface area (Å²) in [6, 6.07) is 13.9. The fourth-order valence-corrected chi connectivity index (χ4v) is 3.83. The molecule has 1 saturated heterocycles. The Bertz CT molecular complexity index is 1170. The fraction of sp³-hybridized carbons (Fsp3) is 0.304. The second-order valence-electron chi connectivity index (χ2n) is 7.75. The number of carbonyl (C=O) groups excluding carboxylic acids is 2. The molecule has 2 aromatic carbocycles. The van der Waals surface area contributed by atoms with Gasteiger partial charge < -0.3 is 20.4 Å². The molecule has 1 aliphatic heterocycles. The standard InChI is InChI=1S/C23H25N5O4/c1-32-22(30)15-7-8-18-19(13-15)26-20(27-21(18)29)14-28-11-9-17(10-12-28)25-23(31)24-16-5-3-2-4-6-16/h2-8,13,17H,9-12,14H2,1H3,(H2,24,25,31)(H,26,27,29). The van der Waals surface area contributed by atoms with Gasteiger partial charge in [-0.2, -0.15) is 0 Å². The van der Waals surface area contributed by atoms with E-state index in [1.807, 2.05) is 30.3 Å². The Morgan fingerprint density at radius 2 is 1.91 bits per heavy atom. The van der Waals surface area contributed by atoms with E-state index < -0.39 is 5.97 Å². The number of piperidine rings is 1. The number of hydrogen-bond donors (Lipinski definition) is 3. The lowest BCUT2D eigenvalue weighted by Crippen LogP contribution is -2.45. The Kier molecular flexibility index (Phi) is 6.46. The third-order valence-corrected chi connectivity index (χ3v) is 5.50. The van der Waals surface area contributed by atoms with Crippen LogP contribution in [0.1, 0.15) is 29.0 Å². The number of carbonyl (C=O) groups is 2. The van der Waals surface area contributed by atoms with Gasteiger partial charge in [-0.15, -0.1) is 0 Å². The summed E-state index contributed by atoms with van der Waals surface area (Å²) in [5.74, 6) is 0.0687. The number of urea groups is 1. The van der Waals surface area contributed by atoms with Gasteiger partial charge in [-0.3, -0.25) is 9.69 Å². The van der Waals surface area contributed by atoms with Crippen LogP contribution in [0.2, 0.25) is 0 Å². The summed E-state index contributed by atoms with van der Waals surface area (Å²) in [6.45, 7) is 2.01. The summed E-state index contributed by atoms with van der Waals surface area (Å²) in [5.41, 5.74) is 1.32. The molecule has 0 saturated carbocycles. The average Bonchev–Trinajstić information content (AvgIpc) is 2.80. The van der Waals surface area contributed by atoms with Crippen molar-refractivity contribution in [2.75, 3.05) is 25.5 Å². The van der Waals surface area contributed by atoms with Crippen molar-refractivity contribution in [1.29, 1.82) is 0 Å². The van der Waals surface area contributed by atoms with Gasteiger partial charge in [0, 0.05) is 24.8 Å². The van der Waals surface area contributed by atoms with Gasteiger partial charge in [0.25, 0.3) is 5.56 Å². The van der Waals surface area contributed by atoms with E-state index >= 15 is 0 Å². The van der Waals surface area contributed by atoms with Gasteiger partial charge in [0.2, 0.25) is 0 Å². The molecule has 166 valence electrons. The number of nitrogens with zero attached hydrogens (tertiary/aromatic N) is 2. The highest BCUT2D eigenvalue weighted by molar-refractivity contribution is 5.94. The number of aromatic amines is 1. The Morgan fingerprint density at radius 1 is 1.16 bits per heavy atom. The quantitative estimate of drug-likeness (QED) is 0.530. The van der Waals surface area contributed by atoms with E-state index in [0.717, 1.165) is 31.6 Å². The van der Waals surface area contributed by atoms with Crippen molar-refractivity contribution in [3.63, 3.8) is 0 Å². The number of nitrogens with one attached hydrogen (secondary N) is 3. The van der Waals surface area contributed by atoms with Crippen LogP contribution in [0.15, 0.2) is 53.3 Å². The third kappa shape index (κ3) is 5.12. The smallest absolute Gasteiger partial charge is 0.337 e. The summed E-state index contributed by atoms with van der Waals surface area (Å²) in [4.78, 5) is 45.9. The average molecular weight is 435 g/mol. The van der Waals surface area contributed by atoms with E-state index in [9.17, 15) is 14.4 Å². The van der Waals surface area contributed by atoms with E-state index in [0.29, 0.717) is 28.8 Å². The molecule has 4 rings (SSSR count). The van der Waals surface area contributed by atoms with Gasteiger partial charge in [-0.1, -0.05) is 18.2 Å². The van der Waals surface area contributed by atoms with Crippen molar-refractivity contribution < 1.29 is 14.3 Å². The zero-order valence-electron chi connectivity index (χ0n) is 17.8. The number of anilines is 1. The molecule has 0 aliphatic carbocycles. The van der Waals surface area contributed by atoms with Crippen molar-refractivity contribution in [2.24, 2.45) is 0 Å². The zero-order chi connectivity index (χ0) is 22.5. The second kappa shape index (κ2) is 9.61. The van der Waals surface area contributed by atoms with Crippen LogP contribution < -0.4 is 16.2 Å². The third-order valence-electron chi connectivity index (χ3n) is 5.50. The molecule has 2 amide bonds. The molecule has 3 aromatic rings. The molecule has 0 atom stereocenters. The topological polar surface area (TPSA) is 116 Å².